The van der Waals surface area contributed by atoms with E-state index in [1.165, 1.54) is 36.4 Å². The molecule has 0 amide bonds. The summed E-state index contributed by atoms with van der Waals surface area (Å²) in [6.45, 7) is 3.33. The number of ether oxygens (including phenoxy) is 2. The van der Waals surface area contributed by atoms with E-state index >= 15 is 43.9 Å². The number of halogens is 12. The van der Waals surface area contributed by atoms with E-state index in [4.69, 9.17) is 9.47 Å². The van der Waals surface area contributed by atoms with Gasteiger partial charge in [-0.05, 0) is 47.9 Å². The summed E-state index contributed by atoms with van der Waals surface area (Å²) in [6, 6.07) is 8.29. The van der Waals surface area contributed by atoms with Crippen molar-refractivity contribution in [1.82, 2.24) is 0 Å². The van der Waals surface area contributed by atoms with E-state index in [1.807, 2.05) is 25.7 Å². The fourth-order valence-electron chi connectivity index (χ4n) is 6.53. The maximum Gasteiger partial charge on any atom is 0.204 e. The molecule has 0 fully saturated rings. The second kappa shape index (κ2) is 18.5. The molecule has 0 unspecified atom stereocenters. The zero-order valence-electron chi connectivity index (χ0n) is 31.9. The maximum atomic E-state index is 15.5. The van der Waals surface area contributed by atoms with Gasteiger partial charge in [-0.1, -0.05) is 88.2 Å². The molecule has 6 aromatic carbocycles. The van der Waals surface area contributed by atoms with Crippen molar-refractivity contribution in [1.29, 1.82) is 0 Å². The molecule has 0 bridgehead atoms. The number of benzene rings is 6. The van der Waals surface area contributed by atoms with Crippen molar-refractivity contribution in [3.63, 3.8) is 0 Å². The van der Waals surface area contributed by atoms with Crippen molar-refractivity contribution in [2.75, 3.05) is 13.2 Å². The first-order valence-corrected chi connectivity index (χ1v) is 18.9. The highest BCUT2D eigenvalue weighted by molar-refractivity contribution is 5.90. The summed E-state index contributed by atoms with van der Waals surface area (Å²) >= 11 is 0. The Morgan fingerprint density at radius 1 is 0.367 bits per heavy atom. The molecule has 2 nitrogen and oxygen atoms in total. The molecule has 60 heavy (non-hydrogen) atoms. The molecule has 0 saturated heterocycles. The zero-order chi connectivity index (χ0) is 43.4. The molecule has 14 heteroatoms. The molecular formula is C46H32F12O2. The second-order valence-corrected chi connectivity index (χ2v) is 13.8. The normalized spacial score (nSPS) is 11.2. The van der Waals surface area contributed by atoms with Crippen LogP contribution in [0.15, 0.2) is 36.4 Å². The van der Waals surface area contributed by atoms with Crippen LogP contribution in [-0.4, -0.2) is 13.2 Å². The lowest BCUT2D eigenvalue weighted by atomic mass is 10.0. The van der Waals surface area contributed by atoms with E-state index in [9.17, 15) is 8.78 Å². The van der Waals surface area contributed by atoms with E-state index in [-0.39, 0.29) is 24.3 Å². The lowest BCUT2D eigenvalue weighted by Gasteiger charge is -2.14. The van der Waals surface area contributed by atoms with Crippen molar-refractivity contribution < 1.29 is 62.2 Å². The SMILES string of the molecule is CCCCCCOc1c(F)c(F)c2c(F)c(C#Cc3ccc4cc(C#Cc5c(F)c(F)c6c(F)c(OCCCCCC)c(F)c(F)c6c5F)ccc4c3)c(F)c(F)c2c1F. The topological polar surface area (TPSA) is 18.5 Å². The summed E-state index contributed by atoms with van der Waals surface area (Å²) in [4.78, 5) is 0. The van der Waals surface area contributed by atoms with Crippen LogP contribution in [0.5, 0.6) is 11.5 Å². The van der Waals surface area contributed by atoms with Crippen LogP contribution in [0.25, 0.3) is 32.3 Å². The van der Waals surface area contributed by atoms with Crippen LogP contribution >= 0.6 is 0 Å². The molecule has 312 valence electrons. The molecule has 0 atom stereocenters. The summed E-state index contributed by atoms with van der Waals surface area (Å²) in [6.07, 6.45) is 5.17. The molecule has 0 aliphatic carbocycles. The maximum absolute atomic E-state index is 15.5. The van der Waals surface area contributed by atoms with Gasteiger partial charge in [0, 0.05) is 11.1 Å². The molecule has 0 heterocycles. The largest absolute Gasteiger partial charge is 0.488 e. The van der Waals surface area contributed by atoms with Crippen LogP contribution in [0, 0.1) is 93.5 Å². The Morgan fingerprint density at radius 2 is 0.717 bits per heavy atom. The van der Waals surface area contributed by atoms with Crippen LogP contribution in [-0.2, 0) is 0 Å². The lowest BCUT2D eigenvalue weighted by molar-refractivity contribution is 0.271. The highest BCUT2D eigenvalue weighted by Crippen LogP contribution is 2.40. The number of hydrogen-bond acceptors (Lipinski definition) is 2. The average molecular weight is 845 g/mol. The van der Waals surface area contributed by atoms with Crippen molar-refractivity contribution in [3.8, 4) is 35.2 Å². The molecule has 0 aliphatic heterocycles. The van der Waals surface area contributed by atoms with Crippen LogP contribution in [0.4, 0.5) is 52.7 Å². The Kier molecular flexibility index (Phi) is 13.4. The highest BCUT2D eigenvalue weighted by atomic mass is 19.2. The summed E-state index contributed by atoms with van der Waals surface area (Å²) in [5.41, 5.74) is -2.46. The number of hydrogen-bond donors (Lipinski definition) is 0. The summed E-state index contributed by atoms with van der Waals surface area (Å²) in [5, 5.41) is -5.16. The monoisotopic (exact) mass is 844 g/mol. The van der Waals surface area contributed by atoms with Crippen LogP contribution in [0.3, 0.4) is 0 Å². The van der Waals surface area contributed by atoms with E-state index in [1.54, 1.807) is 0 Å². The summed E-state index contributed by atoms with van der Waals surface area (Å²) in [5.74, 6) is -16.9. The first-order valence-electron chi connectivity index (χ1n) is 18.9. The number of fused-ring (bicyclic) bond motifs is 3. The fraction of sp³-hybridized carbons (Fsp3) is 0.261. The summed E-state index contributed by atoms with van der Waals surface area (Å²) in [7, 11) is 0. The van der Waals surface area contributed by atoms with Gasteiger partial charge in [0.25, 0.3) is 0 Å². The van der Waals surface area contributed by atoms with Crippen molar-refractivity contribution in [3.05, 3.63) is 128 Å². The van der Waals surface area contributed by atoms with E-state index in [2.05, 4.69) is 11.8 Å². The van der Waals surface area contributed by atoms with Gasteiger partial charge in [0.05, 0.1) is 34.8 Å². The van der Waals surface area contributed by atoms with Crippen molar-refractivity contribution >= 4 is 32.3 Å². The van der Waals surface area contributed by atoms with Crippen LogP contribution < -0.4 is 9.47 Å². The van der Waals surface area contributed by atoms with E-state index in [0.29, 0.717) is 36.5 Å². The Labute approximate surface area is 336 Å². The van der Waals surface area contributed by atoms with Gasteiger partial charge in [0.1, 0.15) is 11.1 Å². The minimum atomic E-state index is -2.02. The third-order valence-electron chi connectivity index (χ3n) is 9.69. The minimum Gasteiger partial charge on any atom is -0.488 e. The smallest absolute Gasteiger partial charge is 0.204 e. The molecular weight excluding hydrogens is 812 g/mol. The van der Waals surface area contributed by atoms with Gasteiger partial charge >= 0.3 is 0 Å². The predicted octanol–water partition coefficient (Wildman–Crippen LogP) is 13.5. The van der Waals surface area contributed by atoms with Gasteiger partial charge in [-0.3, -0.25) is 0 Å². The van der Waals surface area contributed by atoms with Crippen LogP contribution in [0.2, 0.25) is 0 Å². The molecule has 0 spiro atoms. The Bertz CT molecular complexity index is 2600. The van der Waals surface area contributed by atoms with E-state index < -0.39 is 114 Å². The van der Waals surface area contributed by atoms with Gasteiger partial charge < -0.3 is 9.47 Å². The van der Waals surface area contributed by atoms with Gasteiger partial charge in [-0.2, -0.15) is 8.78 Å². The summed E-state index contributed by atoms with van der Waals surface area (Å²) < 4.78 is 192. The van der Waals surface area contributed by atoms with Gasteiger partial charge in [-0.15, -0.1) is 0 Å². The van der Waals surface area contributed by atoms with Gasteiger partial charge in [-0.25, -0.2) is 43.9 Å². The zero-order valence-corrected chi connectivity index (χ0v) is 31.9. The molecule has 0 radical (unpaired) electrons. The van der Waals surface area contributed by atoms with E-state index in [0.717, 1.165) is 25.7 Å². The third kappa shape index (κ3) is 8.25. The first kappa shape index (κ1) is 43.6. The van der Waals surface area contributed by atoms with Gasteiger partial charge in [0.15, 0.2) is 69.7 Å². The second-order valence-electron chi connectivity index (χ2n) is 13.8. The lowest BCUT2D eigenvalue weighted by Crippen LogP contribution is -2.08. The Balaban J connectivity index is 1.29. The highest BCUT2D eigenvalue weighted by Gasteiger charge is 2.32. The van der Waals surface area contributed by atoms with Crippen LogP contribution in [0.1, 0.15) is 87.5 Å². The predicted molar refractivity (Wildman–Crippen MR) is 203 cm³/mol. The quantitative estimate of drug-likeness (QED) is 0.0529. The van der Waals surface area contributed by atoms with Crippen molar-refractivity contribution in [2.45, 2.75) is 65.2 Å². The Hall–Kier alpha value is -6.02. The molecule has 6 rings (SSSR count). The number of rotatable bonds is 12. The molecule has 6 aromatic rings. The first-order chi connectivity index (χ1) is 28.7. The molecule has 0 saturated carbocycles. The molecule has 0 N–H and O–H groups in total. The standard InChI is InChI=1S/C46H32F12O2/c1-3-5-7-9-19-59-45-41(55)31-29(39(53)43(45)57)33(47)27(35(49)37(31)51)17-13-23-11-15-26-22-24(12-16-25(26)21-23)14-18-28-34(48)30-32(38(52)36(28)50)42(56)46(44(58)40(30)54)60-20-10-8-6-4-2/h11-12,15-16,21-22H,3-10,19-20H2,1-2H3. The fourth-order valence-corrected chi connectivity index (χ4v) is 6.53. The Morgan fingerprint density at radius 3 is 1.08 bits per heavy atom. The average Bonchev–Trinajstić information content (AvgIpc) is 3.23. The minimum absolute atomic E-state index is 0.0765. The molecule has 0 aliphatic rings. The van der Waals surface area contributed by atoms with Gasteiger partial charge in [0.2, 0.25) is 11.6 Å². The third-order valence-corrected chi connectivity index (χ3v) is 9.69. The number of unbranched alkanes of at least 4 members (excludes halogenated alkanes) is 6. The molecule has 0 aromatic heterocycles. The van der Waals surface area contributed by atoms with Crippen molar-refractivity contribution in [2.24, 2.45) is 0 Å².